The van der Waals surface area contributed by atoms with Gasteiger partial charge < -0.3 is 9.30 Å². The van der Waals surface area contributed by atoms with Crippen LogP contribution < -0.4 is 15.0 Å². The van der Waals surface area contributed by atoms with E-state index in [9.17, 15) is 14.4 Å². The Balaban J connectivity index is 1.81. The van der Waals surface area contributed by atoms with E-state index in [0.29, 0.717) is 12.4 Å². The number of carbonyl (C=O) groups is 3. The highest BCUT2D eigenvalue weighted by molar-refractivity contribution is 6.39. The molecule has 4 amide bonds. The lowest BCUT2D eigenvalue weighted by atomic mass is 10.0. The summed E-state index contributed by atoms with van der Waals surface area (Å²) in [6.45, 7) is 10.3. The van der Waals surface area contributed by atoms with E-state index < -0.39 is 17.8 Å². The monoisotopic (exact) mass is 471 g/mol. The van der Waals surface area contributed by atoms with E-state index in [1.807, 2.05) is 32.9 Å². The number of urea groups is 1. The van der Waals surface area contributed by atoms with E-state index in [-0.39, 0.29) is 11.3 Å². The van der Waals surface area contributed by atoms with Gasteiger partial charge in [0.25, 0.3) is 11.8 Å². The van der Waals surface area contributed by atoms with Crippen LogP contribution in [0, 0.1) is 20.8 Å². The number of benzene rings is 2. The van der Waals surface area contributed by atoms with Crippen molar-refractivity contribution in [2.45, 2.75) is 41.0 Å². The van der Waals surface area contributed by atoms with Crippen molar-refractivity contribution in [1.82, 2.24) is 9.88 Å². The Labute approximate surface area is 205 Å². The highest BCUT2D eigenvalue weighted by atomic mass is 16.5. The minimum absolute atomic E-state index is 0.114. The van der Waals surface area contributed by atoms with Gasteiger partial charge in [0.15, 0.2) is 0 Å². The van der Waals surface area contributed by atoms with Crippen molar-refractivity contribution < 1.29 is 19.1 Å². The molecule has 2 heterocycles. The Morgan fingerprint density at radius 3 is 2.43 bits per heavy atom. The van der Waals surface area contributed by atoms with E-state index in [1.165, 1.54) is 5.56 Å². The topological polar surface area (TPSA) is 80.6 Å². The van der Waals surface area contributed by atoms with Crippen LogP contribution in [0.1, 0.15) is 41.9 Å². The van der Waals surface area contributed by atoms with Gasteiger partial charge in [-0.1, -0.05) is 37.3 Å². The van der Waals surface area contributed by atoms with Crippen molar-refractivity contribution in [1.29, 1.82) is 0 Å². The van der Waals surface area contributed by atoms with E-state index in [4.69, 9.17) is 4.74 Å². The number of rotatable bonds is 6. The maximum atomic E-state index is 13.4. The number of barbiturate groups is 1. The van der Waals surface area contributed by atoms with Crippen molar-refractivity contribution in [3.8, 4) is 11.4 Å². The van der Waals surface area contributed by atoms with Gasteiger partial charge in [-0.2, -0.15) is 0 Å². The van der Waals surface area contributed by atoms with Crippen LogP contribution in [0.2, 0.25) is 0 Å². The fourth-order valence-electron chi connectivity index (χ4n) is 4.55. The average molecular weight is 472 g/mol. The van der Waals surface area contributed by atoms with Gasteiger partial charge in [0, 0.05) is 11.4 Å². The Morgan fingerprint density at radius 1 is 0.971 bits per heavy atom. The van der Waals surface area contributed by atoms with Gasteiger partial charge in [-0.05, 0) is 75.1 Å². The van der Waals surface area contributed by atoms with E-state index in [1.54, 1.807) is 30.3 Å². The maximum Gasteiger partial charge on any atom is 0.336 e. The number of ether oxygens (including phenoxy) is 1. The number of anilines is 1. The number of imide groups is 2. The van der Waals surface area contributed by atoms with Crippen molar-refractivity contribution in [2.75, 3.05) is 11.5 Å². The molecule has 7 nitrogen and oxygen atoms in total. The molecule has 7 heteroatoms. The second-order valence-electron chi connectivity index (χ2n) is 8.46. The summed E-state index contributed by atoms with van der Waals surface area (Å²) in [4.78, 5) is 39.8. The van der Waals surface area contributed by atoms with Crippen LogP contribution in [0.15, 0.2) is 54.1 Å². The lowest BCUT2D eigenvalue weighted by Crippen LogP contribution is -2.54. The third kappa shape index (κ3) is 4.25. The lowest BCUT2D eigenvalue weighted by Gasteiger charge is -2.27. The van der Waals surface area contributed by atoms with Crippen molar-refractivity contribution in [3.05, 3.63) is 82.2 Å². The van der Waals surface area contributed by atoms with Gasteiger partial charge >= 0.3 is 6.03 Å². The minimum atomic E-state index is -0.803. The quantitative estimate of drug-likeness (QED) is 0.404. The smallest absolute Gasteiger partial charge is 0.336 e. The van der Waals surface area contributed by atoms with Crippen LogP contribution in [-0.2, 0) is 16.0 Å². The summed E-state index contributed by atoms with van der Waals surface area (Å²) in [5.41, 5.74) is 6.25. The second-order valence-corrected chi connectivity index (χ2v) is 8.46. The minimum Gasteiger partial charge on any atom is -0.492 e. The first-order chi connectivity index (χ1) is 16.8. The first-order valence-corrected chi connectivity index (χ1v) is 11.7. The molecule has 1 aliphatic rings. The van der Waals surface area contributed by atoms with Gasteiger partial charge in [-0.15, -0.1) is 0 Å². The zero-order valence-electron chi connectivity index (χ0n) is 20.6. The molecular formula is C28H29N3O4. The third-order valence-corrected chi connectivity index (χ3v) is 6.20. The first kappa shape index (κ1) is 24.0. The Hall–Kier alpha value is -4.13. The standard InChI is InChI=1S/C28H29N3O4/c1-6-20-12-10-11-17(3)25(20)30-18(4)15-21(19(30)5)16-22-26(32)29-28(34)31(27(22)33)23-13-8-9-14-24(23)35-7-2/h8-16H,6-7H2,1-5H3,(H,29,32,34)/b22-16+. The van der Waals surface area contributed by atoms with Crippen LogP contribution in [0.3, 0.4) is 0 Å². The number of aromatic nitrogens is 1. The summed E-state index contributed by atoms with van der Waals surface area (Å²) in [5, 5.41) is 2.29. The van der Waals surface area contributed by atoms with E-state index in [2.05, 4.69) is 35.9 Å². The molecule has 0 saturated carbocycles. The largest absolute Gasteiger partial charge is 0.492 e. The normalized spacial score (nSPS) is 15.1. The first-order valence-electron chi connectivity index (χ1n) is 11.7. The zero-order chi connectivity index (χ0) is 25.3. The molecule has 1 saturated heterocycles. The summed E-state index contributed by atoms with van der Waals surface area (Å²) in [5.74, 6) is -1.03. The molecule has 0 atom stereocenters. The van der Waals surface area contributed by atoms with Gasteiger partial charge in [-0.25, -0.2) is 9.69 Å². The van der Waals surface area contributed by atoms with E-state index in [0.717, 1.165) is 39.5 Å². The number of hydrogen-bond donors (Lipinski definition) is 1. The molecule has 1 fully saturated rings. The fraction of sp³-hybridized carbons (Fsp3) is 0.250. The molecule has 1 aliphatic heterocycles. The molecule has 35 heavy (non-hydrogen) atoms. The number of carbonyl (C=O) groups excluding carboxylic acids is 3. The van der Waals surface area contributed by atoms with Gasteiger partial charge in [0.1, 0.15) is 11.3 Å². The molecule has 1 aromatic heterocycles. The molecule has 0 radical (unpaired) electrons. The van der Waals surface area contributed by atoms with Gasteiger partial charge in [-0.3, -0.25) is 14.9 Å². The second kappa shape index (κ2) is 9.62. The fourth-order valence-corrected chi connectivity index (χ4v) is 4.55. The Bertz CT molecular complexity index is 1370. The Morgan fingerprint density at radius 2 is 1.71 bits per heavy atom. The van der Waals surface area contributed by atoms with Gasteiger partial charge in [0.2, 0.25) is 0 Å². The molecule has 1 N–H and O–H groups in total. The van der Waals surface area contributed by atoms with E-state index >= 15 is 0 Å². The Kier molecular flexibility index (Phi) is 6.60. The number of hydrogen-bond acceptors (Lipinski definition) is 4. The van der Waals surface area contributed by atoms with Crippen molar-refractivity contribution in [2.24, 2.45) is 0 Å². The maximum absolute atomic E-state index is 13.4. The highest BCUT2D eigenvalue weighted by Crippen LogP contribution is 2.32. The van der Waals surface area contributed by atoms with Crippen LogP contribution in [0.25, 0.3) is 11.8 Å². The average Bonchev–Trinajstić information content (AvgIpc) is 3.10. The molecule has 0 bridgehead atoms. The summed E-state index contributed by atoms with van der Waals surface area (Å²) in [7, 11) is 0. The molecule has 0 spiro atoms. The lowest BCUT2D eigenvalue weighted by molar-refractivity contribution is -0.122. The third-order valence-electron chi connectivity index (χ3n) is 6.20. The number of para-hydroxylation sites is 3. The van der Waals surface area contributed by atoms with Crippen LogP contribution in [0.5, 0.6) is 5.75 Å². The molecule has 0 unspecified atom stereocenters. The number of amides is 4. The summed E-state index contributed by atoms with van der Waals surface area (Å²) in [6, 6.07) is 14.1. The summed E-state index contributed by atoms with van der Waals surface area (Å²) in [6.07, 6.45) is 2.44. The summed E-state index contributed by atoms with van der Waals surface area (Å²) >= 11 is 0. The summed E-state index contributed by atoms with van der Waals surface area (Å²) < 4.78 is 7.76. The number of nitrogens with one attached hydrogen (secondary N) is 1. The predicted molar refractivity (Wildman–Crippen MR) is 136 cm³/mol. The van der Waals surface area contributed by atoms with Crippen molar-refractivity contribution in [3.63, 3.8) is 0 Å². The van der Waals surface area contributed by atoms with Crippen LogP contribution in [-0.4, -0.2) is 29.0 Å². The molecule has 3 aromatic rings. The van der Waals surface area contributed by atoms with Crippen molar-refractivity contribution >= 4 is 29.6 Å². The predicted octanol–water partition coefficient (Wildman–Crippen LogP) is 5.03. The molecule has 2 aromatic carbocycles. The molecule has 0 aliphatic carbocycles. The number of aryl methyl sites for hydroxylation is 3. The van der Waals surface area contributed by atoms with Crippen LogP contribution >= 0.6 is 0 Å². The van der Waals surface area contributed by atoms with Gasteiger partial charge in [0.05, 0.1) is 18.0 Å². The molecule has 180 valence electrons. The number of nitrogens with zero attached hydrogens (tertiary/aromatic N) is 2. The SMILES string of the molecule is CCOc1ccccc1N1C(=O)NC(=O)/C(=C\c2cc(C)n(-c3c(C)cccc3CC)c2C)C1=O. The molecular weight excluding hydrogens is 442 g/mol. The van der Waals surface area contributed by atoms with Crippen LogP contribution in [0.4, 0.5) is 10.5 Å². The molecule has 4 rings (SSSR count). The zero-order valence-corrected chi connectivity index (χ0v) is 20.6. The highest BCUT2D eigenvalue weighted by Gasteiger charge is 2.38.